The van der Waals surface area contributed by atoms with E-state index in [-0.39, 0.29) is 5.41 Å². The second-order valence-corrected chi connectivity index (χ2v) is 10.9. The number of aromatic nitrogens is 1. The van der Waals surface area contributed by atoms with Gasteiger partial charge in [-0.2, -0.15) is 0 Å². The van der Waals surface area contributed by atoms with Gasteiger partial charge in [-0.05, 0) is 58.1 Å². The molecule has 0 aliphatic carbocycles. The lowest BCUT2D eigenvalue weighted by molar-refractivity contribution is 0.616. The highest BCUT2D eigenvalue weighted by Crippen LogP contribution is 2.50. The van der Waals surface area contributed by atoms with Crippen LogP contribution in [0, 0.1) is 0 Å². The van der Waals surface area contributed by atoms with Crippen molar-refractivity contribution in [3.63, 3.8) is 0 Å². The standard InChI is InChI=1S/C31H23BNOS/c1-31(2)25-17-22(20-11-7-4-8-12-20)16-24-23-15-21(19-9-5-3-6-10-19)13-14-26(23)33(29(24)25)27-18-28(32-34)35-30(27)31/h3-18,34H,1-2H3. The van der Waals surface area contributed by atoms with E-state index in [1.54, 1.807) is 11.3 Å². The summed E-state index contributed by atoms with van der Waals surface area (Å²) in [6, 6.07) is 34.9. The van der Waals surface area contributed by atoms with Gasteiger partial charge in [-0.3, -0.25) is 0 Å². The molecule has 4 aromatic carbocycles. The molecule has 0 atom stereocenters. The summed E-state index contributed by atoms with van der Waals surface area (Å²) in [4.78, 5) is 1.28. The maximum absolute atomic E-state index is 9.86. The third kappa shape index (κ3) is 2.94. The van der Waals surface area contributed by atoms with Crippen LogP contribution in [-0.2, 0) is 5.41 Å². The maximum atomic E-state index is 9.86. The summed E-state index contributed by atoms with van der Waals surface area (Å²) in [5.74, 6) is 0. The zero-order chi connectivity index (χ0) is 23.7. The van der Waals surface area contributed by atoms with Gasteiger partial charge in [-0.25, -0.2) is 0 Å². The third-order valence-corrected chi connectivity index (χ3v) is 8.80. The largest absolute Gasteiger partial charge is 0.449 e. The molecule has 2 nitrogen and oxygen atoms in total. The van der Waals surface area contributed by atoms with Gasteiger partial charge in [0.2, 0.25) is 0 Å². The molecule has 0 fully saturated rings. The van der Waals surface area contributed by atoms with Crippen molar-refractivity contribution in [2.45, 2.75) is 19.3 Å². The van der Waals surface area contributed by atoms with Crippen LogP contribution in [0.25, 0.3) is 49.7 Å². The average molecular weight is 468 g/mol. The van der Waals surface area contributed by atoms with E-state index in [2.05, 4.69) is 115 Å². The van der Waals surface area contributed by atoms with Gasteiger partial charge in [0.1, 0.15) is 0 Å². The van der Waals surface area contributed by atoms with E-state index in [0.717, 1.165) is 4.78 Å². The van der Waals surface area contributed by atoms with Gasteiger partial charge in [-0.1, -0.05) is 80.6 Å². The quantitative estimate of drug-likeness (QED) is 0.277. The van der Waals surface area contributed by atoms with Crippen LogP contribution in [0.15, 0.2) is 97.1 Å². The fourth-order valence-corrected chi connectivity index (χ4v) is 6.76. The lowest BCUT2D eigenvalue weighted by atomic mass is 9.78. The van der Waals surface area contributed by atoms with Gasteiger partial charge >= 0.3 is 7.48 Å². The van der Waals surface area contributed by atoms with E-state index >= 15 is 0 Å². The van der Waals surface area contributed by atoms with E-state index in [1.165, 1.54) is 67.7 Å². The molecule has 7 rings (SSSR count). The molecule has 0 saturated heterocycles. The minimum absolute atomic E-state index is 0.184. The van der Waals surface area contributed by atoms with Gasteiger partial charge < -0.3 is 9.59 Å². The first-order valence-corrected chi connectivity index (χ1v) is 12.7. The van der Waals surface area contributed by atoms with E-state index in [0.29, 0.717) is 0 Å². The first-order chi connectivity index (χ1) is 17.1. The molecule has 3 heterocycles. The molecule has 1 N–H and O–H groups in total. The number of hydrogen-bond acceptors (Lipinski definition) is 2. The fourth-order valence-electron chi connectivity index (χ4n) is 5.68. The molecule has 167 valence electrons. The monoisotopic (exact) mass is 468 g/mol. The zero-order valence-corrected chi connectivity index (χ0v) is 20.4. The summed E-state index contributed by atoms with van der Waals surface area (Å²) in [5, 5.41) is 12.4. The number of nitrogens with zero attached hydrogens (tertiary/aromatic N) is 1. The van der Waals surface area contributed by atoms with E-state index < -0.39 is 0 Å². The maximum Gasteiger partial charge on any atom is 0.338 e. The van der Waals surface area contributed by atoms with Crippen molar-refractivity contribution >= 4 is 45.4 Å². The first-order valence-electron chi connectivity index (χ1n) is 11.9. The van der Waals surface area contributed by atoms with Crippen molar-refractivity contribution in [2.75, 3.05) is 0 Å². The lowest BCUT2D eigenvalue weighted by Crippen LogP contribution is -2.24. The van der Waals surface area contributed by atoms with Crippen LogP contribution >= 0.6 is 11.3 Å². The number of fused-ring (bicyclic) bond motifs is 5. The molecule has 0 bridgehead atoms. The zero-order valence-electron chi connectivity index (χ0n) is 19.6. The minimum Gasteiger partial charge on any atom is -0.449 e. The molecular weight excluding hydrogens is 445 g/mol. The van der Waals surface area contributed by atoms with Crippen molar-refractivity contribution in [1.29, 1.82) is 0 Å². The van der Waals surface area contributed by atoms with E-state index in [4.69, 9.17) is 0 Å². The Morgan fingerprint density at radius 1 is 0.714 bits per heavy atom. The first kappa shape index (κ1) is 20.8. The van der Waals surface area contributed by atoms with Crippen molar-refractivity contribution < 1.29 is 5.02 Å². The molecule has 0 amide bonds. The average Bonchev–Trinajstić information content (AvgIpc) is 3.48. The van der Waals surface area contributed by atoms with Crippen LogP contribution in [0.4, 0.5) is 0 Å². The number of benzene rings is 4. The normalized spacial score (nSPS) is 13.8. The summed E-state index contributed by atoms with van der Waals surface area (Å²) >= 11 is 1.68. The van der Waals surface area contributed by atoms with Gasteiger partial charge in [-0.15, -0.1) is 11.3 Å². The van der Waals surface area contributed by atoms with Gasteiger partial charge in [0.05, 0.1) is 16.7 Å². The molecule has 0 saturated carbocycles. The van der Waals surface area contributed by atoms with Crippen molar-refractivity contribution in [2.24, 2.45) is 0 Å². The van der Waals surface area contributed by atoms with E-state index in [1.807, 2.05) is 0 Å². The molecule has 1 radical (unpaired) electrons. The molecule has 0 unspecified atom stereocenters. The molecule has 1 aliphatic heterocycles. The van der Waals surface area contributed by atoms with Crippen LogP contribution in [0.2, 0.25) is 0 Å². The van der Waals surface area contributed by atoms with Gasteiger partial charge in [0.15, 0.2) is 0 Å². The number of hydrogen-bond donors (Lipinski definition) is 1. The summed E-state index contributed by atoms with van der Waals surface area (Å²) < 4.78 is 3.29. The molecule has 1 aliphatic rings. The topological polar surface area (TPSA) is 25.2 Å². The van der Waals surface area contributed by atoms with Crippen molar-refractivity contribution in [1.82, 2.24) is 4.57 Å². The Balaban J connectivity index is 1.64. The van der Waals surface area contributed by atoms with Gasteiger partial charge in [0.25, 0.3) is 0 Å². The summed E-state index contributed by atoms with van der Waals surface area (Å²) in [7, 11) is 1.23. The van der Waals surface area contributed by atoms with Gasteiger partial charge in [0, 0.05) is 25.8 Å². The Kier molecular flexibility index (Phi) is 4.42. The molecule has 0 spiro atoms. The second kappa shape index (κ2) is 7.45. The predicted molar refractivity (Wildman–Crippen MR) is 149 cm³/mol. The lowest BCUT2D eigenvalue weighted by Gasteiger charge is -2.32. The molecule has 4 heteroatoms. The summed E-state index contributed by atoms with van der Waals surface area (Å²) in [6.07, 6.45) is 0. The highest BCUT2D eigenvalue weighted by molar-refractivity contribution is 7.21. The number of rotatable bonds is 3. The fraction of sp³-hybridized carbons (Fsp3) is 0.0968. The third-order valence-electron chi connectivity index (χ3n) is 7.42. The van der Waals surface area contributed by atoms with Crippen LogP contribution in [-0.4, -0.2) is 17.1 Å². The van der Waals surface area contributed by atoms with Crippen LogP contribution in [0.3, 0.4) is 0 Å². The SMILES string of the molecule is CC1(C)c2sc([B]O)cc2-n2c3ccc(-c4ccccc4)cc3c3cc(-c4ccccc4)cc1c32. The molecule has 6 aromatic rings. The Morgan fingerprint density at radius 2 is 1.37 bits per heavy atom. The number of thiophene rings is 1. The Bertz CT molecular complexity index is 1750. The Morgan fingerprint density at radius 3 is 2.06 bits per heavy atom. The van der Waals surface area contributed by atoms with Crippen LogP contribution < -0.4 is 4.78 Å². The summed E-state index contributed by atoms with van der Waals surface area (Å²) in [6.45, 7) is 4.62. The Labute approximate surface area is 209 Å². The molecule has 35 heavy (non-hydrogen) atoms. The van der Waals surface area contributed by atoms with Crippen LogP contribution in [0.1, 0.15) is 24.3 Å². The minimum atomic E-state index is -0.184. The van der Waals surface area contributed by atoms with Crippen LogP contribution in [0.5, 0.6) is 0 Å². The highest BCUT2D eigenvalue weighted by atomic mass is 32.1. The molecule has 2 aromatic heterocycles. The van der Waals surface area contributed by atoms with Crippen molar-refractivity contribution in [3.8, 4) is 27.9 Å². The Hall–Kier alpha value is -3.60. The predicted octanol–water partition coefficient (Wildman–Crippen LogP) is 7.06. The summed E-state index contributed by atoms with van der Waals surface area (Å²) in [5.41, 5.74) is 9.68. The second-order valence-electron chi connectivity index (χ2n) is 9.84. The highest BCUT2D eigenvalue weighted by Gasteiger charge is 2.37. The van der Waals surface area contributed by atoms with Crippen molar-refractivity contribution in [3.05, 3.63) is 108 Å². The van der Waals surface area contributed by atoms with E-state index in [9.17, 15) is 5.02 Å². The smallest absolute Gasteiger partial charge is 0.338 e. The molecular formula is C31H23BNOS.